The first kappa shape index (κ1) is 15.9. The predicted molar refractivity (Wildman–Crippen MR) is 85.2 cm³/mol. The Balaban J connectivity index is 2.00. The van der Waals surface area contributed by atoms with Crippen molar-refractivity contribution in [1.82, 2.24) is 4.98 Å². The van der Waals surface area contributed by atoms with Crippen molar-refractivity contribution in [1.29, 1.82) is 0 Å². The van der Waals surface area contributed by atoms with Crippen LogP contribution >= 0.6 is 0 Å². The van der Waals surface area contributed by atoms with Crippen LogP contribution in [0.5, 0.6) is 11.6 Å². The van der Waals surface area contributed by atoms with Crippen LogP contribution in [0.2, 0.25) is 0 Å². The molecular weight excluding hydrogens is 321 g/mol. The molecule has 1 heterocycles. The highest BCUT2D eigenvalue weighted by molar-refractivity contribution is 6.03. The van der Waals surface area contributed by atoms with Crippen molar-refractivity contribution in [3.63, 3.8) is 0 Å². The third-order valence-corrected chi connectivity index (χ3v) is 3.54. The van der Waals surface area contributed by atoms with Crippen molar-refractivity contribution in [2.45, 2.75) is 6.18 Å². The number of aromatic hydroxyl groups is 1. The van der Waals surface area contributed by atoms with Gasteiger partial charge in [-0.05, 0) is 36.4 Å². The summed E-state index contributed by atoms with van der Waals surface area (Å²) in [5.41, 5.74) is 0.406. The monoisotopic (exact) mass is 334 g/mol. The first-order valence-electron chi connectivity index (χ1n) is 6.98. The van der Waals surface area contributed by atoms with Gasteiger partial charge in [-0.15, -0.1) is 0 Å². The van der Waals surface area contributed by atoms with Crippen LogP contribution in [0, 0.1) is 0 Å². The summed E-state index contributed by atoms with van der Waals surface area (Å²) in [6.07, 6.45) is -3.11. The summed E-state index contributed by atoms with van der Waals surface area (Å²) in [5, 5.41) is 10.6. The van der Waals surface area contributed by atoms with Crippen LogP contribution in [0.25, 0.3) is 10.9 Å². The molecule has 7 heteroatoms. The molecule has 0 aliphatic rings. The number of halogens is 3. The fourth-order valence-electron chi connectivity index (χ4n) is 2.34. The number of aromatic nitrogens is 1. The summed E-state index contributed by atoms with van der Waals surface area (Å²) in [7, 11) is 1.52. The minimum atomic E-state index is -4.43. The molecule has 24 heavy (non-hydrogen) atoms. The Labute approximate surface area is 135 Å². The number of benzene rings is 2. The maximum Gasteiger partial charge on any atom is 0.416 e. The van der Waals surface area contributed by atoms with Crippen molar-refractivity contribution in [2.75, 3.05) is 7.11 Å². The predicted octanol–water partition coefficient (Wildman–Crippen LogP) is 4.65. The molecular formula is C17H13F3N2O2. The van der Waals surface area contributed by atoms with E-state index in [-0.39, 0.29) is 11.6 Å². The molecule has 3 rings (SSSR count). The first-order valence-corrected chi connectivity index (χ1v) is 6.98. The molecule has 0 aliphatic heterocycles. The number of ether oxygens (including phenoxy) is 1. The van der Waals surface area contributed by atoms with Gasteiger partial charge in [0.25, 0.3) is 0 Å². The summed E-state index contributed by atoms with van der Waals surface area (Å²) in [5.74, 6) is 0.476. The lowest BCUT2D eigenvalue weighted by Crippen LogP contribution is -2.03. The van der Waals surface area contributed by atoms with Crippen LogP contribution in [0.15, 0.2) is 47.5 Å². The van der Waals surface area contributed by atoms with Crippen molar-refractivity contribution >= 4 is 22.8 Å². The van der Waals surface area contributed by atoms with E-state index in [4.69, 9.17) is 4.74 Å². The minimum Gasteiger partial charge on any atom is -0.497 e. The van der Waals surface area contributed by atoms with Crippen LogP contribution < -0.4 is 4.74 Å². The van der Waals surface area contributed by atoms with Gasteiger partial charge in [-0.25, -0.2) is 0 Å². The van der Waals surface area contributed by atoms with E-state index >= 15 is 0 Å². The Bertz CT molecular complexity index is 914. The largest absolute Gasteiger partial charge is 0.497 e. The van der Waals surface area contributed by atoms with Crippen molar-refractivity contribution < 1.29 is 23.0 Å². The van der Waals surface area contributed by atoms with Crippen LogP contribution in [0.4, 0.5) is 18.9 Å². The summed E-state index contributed by atoms with van der Waals surface area (Å²) in [6.45, 7) is 0. The molecule has 2 aromatic carbocycles. The Morgan fingerprint density at radius 2 is 1.96 bits per heavy atom. The van der Waals surface area contributed by atoms with E-state index in [9.17, 15) is 18.3 Å². The van der Waals surface area contributed by atoms with E-state index in [1.165, 1.54) is 25.5 Å². The maximum atomic E-state index is 12.7. The van der Waals surface area contributed by atoms with Gasteiger partial charge in [0, 0.05) is 17.1 Å². The lowest BCUT2D eigenvalue weighted by Gasteiger charge is -2.06. The van der Waals surface area contributed by atoms with Crippen molar-refractivity contribution in [3.8, 4) is 11.6 Å². The number of fused-ring (bicyclic) bond motifs is 1. The molecule has 0 spiro atoms. The molecule has 3 aromatic rings. The molecule has 2 N–H and O–H groups in total. The van der Waals surface area contributed by atoms with E-state index < -0.39 is 11.7 Å². The highest BCUT2D eigenvalue weighted by Gasteiger charge is 2.30. The molecule has 124 valence electrons. The average molecular weight is 334 g/mol. The topological polar surface area (TPSA) is 57.6 Å². The fourth-order valence-corrected chi connectivity index (χ4v) is 2.34. The van der Waals surface area contributed by atoms with Gasteiger partial charge in [-0.3, -0.25) is 4.99 Å². The number of hydrogen-bond donors (Lipinski definition) is 2. The molecule has 0 fully saturated rings. The number of hydrogen-bond acceptors (Lipinski definition) is 3. The second-order valence-electron chi connectivity index (χ2n) is 5.11. The van der Waals surface area contributed by atoms with E-state index in [0.717, 1.165) is 12.1 Å². The SMILES string of the molecule is COc1ccc2[nH]c(O)c(C=Nc3cccc(C(F)(F)F)c3)c2c1. The number of aromatic amines is 1. The minimum absolute atomic E-state index is 0.117. The number of nitrogens with one attached hydrogen (secondary N) is 1. The molecule has 4 nitrogen and oxygen atoms in total. The van der Waals surface area contributed by atoms with E-state index in [1.54, 1.807) is 18.2 Å². The van der Waals surface area contributed by atoms with Gasteiger partial charge < -0.3 is 14.8 Å². The van der Waals surface area contributed by atoms with E-state index in [2.05, 4.69) is 9.98 Å². The van der Waals surface area contributed by atoms with Gasteiger partial charge in [0.15, 0.2) is 5.88 Å². The zero-order valence-electron chi connectivity index (χ0n) is 12.6. The summed E-state index contributed by atoms with van der Waals surface area (Å²) in [6, 6.07) is 9.84. The van der Waals surface area contributed by atoms with Crippen LogP contribution in [-0.4, -0.2) is 23.4 Å². The van der Waals surface area contributed by atoms with Gasteiger partial charge >= 0.3 is 6.18 Å². The molecule has 0 saturated heterocycles. The van der Waals surface area contributed by atoms with Gasteiger partial charge in [0.1, 0.15) is 5.75 Å². The molecule has 0 amide bonds. The summed E-state index contributed by atoms with van der Waals surface area (Å²) >= 11 is 0. The Kier molecular flexibility index (Phi) is 3.92. The second-order valence-corrected chi connectivity index (χ2v) is 5.11. The third kappa shape index (κ3) is 3.05. The first-order chi connectivity index (χ1) is 11.4. The molecule has 0 bridgehead atoms. The Hall–Kier alpha value is -2.96. The smallest absolute Gasteiger partial charge is 0.416 e. The highest BCUT2D eigenvalue weighted by atomic mass is 19.4. The summed E-state index contributed by atoms with van der Waals surface area (Å²) < 4.78 is 43.3. The van der Waals surface area contributed by atoms with Gasteiger partial charge in [-0.2, -0.15) is 13.2 Å². The Morgan fingerprint density at radius 1 is 1.17 bits per heavy atom. The zero-order valence-corrected chi connectivity index (χ0v) is 12.6. The molecule has 0 saturated carbocycles. The fraction of sp³-hybridized carbons (Fsp3) is 0.118. The maximum absolute atomic E-state index is 12.7. The summed E-state index contributed by atoms with van der Waals surface area (Å²) in [4.78, 5) is 6.82. The van der Waals surface area contributed by atoms with Gasteiger partial charge in [0.05, 0.1) is 23.9 Å². The van der Waals surface area contributed by atoms with Gasteiger partial charge in [0.2, 0.25) is 0 Å². The number of rotatable bonds is 3. The number of aliphatic imine (C=N–C) groups is 1. The Morgan fingerprint density at radius 3 is 2.67 bits per heavy atom. The van der Waals surface area contributed by atoms with Crippen LogP contribution in [0.3, 0.4) is 0 Å². The van der Waals surface area contributed by atoms with Crippen LogP contribution in [0.1, 0.15) is 11.1 Å². The van der Waals surface area contributed by atoms with Crippen molar-refractivity contribution in [2.24, 2.45) is 4.99 Å². The average Bonchev–Trinajstić information content (AvgIpc) is 2.86. The quantitative estimate of drug-likeness (QED) is 0.685. The second kappa shape index (κ2) is 5.92. The third-order valence-electron chi connectivity index (χ3n) is 3.54. The lowest BCUT2D eigenvalue weighted by atomic mass is 10.1. The standard InChI is InChI=1S/C17H13F3N2O2/c1-24-12-5-6-15-13(8-12)14(16(23)22-15)9-21-11-4-2-3-10(7-11)17(18,19)20/h2-9,22-23H,1H3. The van der Waals surface area contributed by atoms with Crippen molar-refractivity contribution in [3.05, 3.63) is 53.6 Å². The number of H-pyrrole nitrogens is 1. The molecule has 0 radical (unpaired) electrons. The molecule has 0 unspecified atom stereocenters. The molecule has 0 aliphatic carbocycles. The highest BCUT2D eigenvalue weighted by Crippen LogP contribution is 2.32. The lowest BCUT2D eigenvalue weighted by molar-refractivity contribution is -0.137. The normalized spacial score (nSPS) is 12.2. The number of nitrogens with zero attached hydrogens (tertiary/aromatic N) is 1. The number of methoxy groups -OCH3 is 1. The number of alkyl halides is 3. The van der Waals surface area contributed by atoms with Crippen LogP contribution in [-0.2, 0) is 6.18 Å². The van der Waals surface area contributed by atoms with E-state index in [1.807, 2.05) is 0 Å². The van der Waals surface area contributed by atoms with Gasteiger partial charge in [-0.1, -0.05) is 6.07 Å². The molecule has 0 atom stereocenters. The zero-order chi connectivity index (χ0) is 17.3. The van der Waals surface area contributed by atoms with E-state index in [0.29, 0.717) is 22.2 Å². The molecule has 1 aromatic heterocycles.